The number of nitro benzene ring substituents is 2. The van der Waals surface area contributed by atoms with Gasteiger partial charge >= 0.3 is 18.1 Å². The molecule has 13 nitrogen and oxygen atoms in total. The highest BCUT2D eigenvalue weighted by Gasteiger charge is 2.42. The van der Waals surface area contributed by atoms with Crippen LogP contribution in [0.4, 0.5) is 16.2 Å². The van der Waals surface area contributed by atoms with Crippen LogP contribution in [0.25, 0.3) is 0 Å². The first-order chi connectivity index (χ1) is 16.2. The van der Waals surface area contributed by atoms with E-state index in [4.69, 9.17) is 14.2 Å². The molecule has 0 unspecified atom stereocenters. The highest BCUT2D eigenvalue weighted by atomic mass is 16.6. The minimum Gasteiger partial charge on any atom is -0.468 e. The van der Waals surface area contributed by atoms with Crippen LogP contribution in [0.15, 0.2) is 64.8 Å². The molecular weight excluding hydrogens is 452 g/mol. The number of allylic oxidation sites excluding steroid dienone is 1. The maximum atomic E-state index is 13.2. The number of nitro groups is 2. The number of hydrogen-bond acceptors (Lipinski definition) is 10. The standard InChI is InChI=1S/C21H18N4O9/c1-12-17(19(26)32-2)18(13-4-6-14(7-5-13)24(28)29)23(20(22-12)33-3)21(27)34-16-10-8-15(9-11-16)25(30)31/h4-11,18H,1-3H3/t18-/m1/s1. The molecule has 13 heteroatoms. The quantitative estimate of drug-likeness (QED) is 0.361. The largest absolute Gasteiger partial charge is 0.468 e. The van der Waals surface area contributed by atoms with Gasteiger partial charge in [-0.2, -0.15) is 0 Å². The van der Waals surface area contributed by atoms with Gasteiger partial charge in [-0.1, -0.05) is 0 Å². The van der Waals surface area contributed by atoms with E-state index in [2.05, 4.69) is 4.99 Å². The first-order valence-corrected chi connectivity index (χ1v) is 9.59. The van der Waals surface area contributed by atoms with E-state index in [0.717, 1.165) is 24.1 Å². The van der Waals surface area contributed by atoms with Gasteiger partial charge in [0.15, 0.2) is 0 Å². The number of hydrogen-bond donors (Lipinski definition) is 0. The lowest BCUT2D eigenvalue weighted by molar-refractivity contribution is -0.385. The van der Waals surface area contributed by atoms with Gasteiger partial charge in [0.2, 0.25) is 0 Å². The van der Waals surface area contributed by atoms with E-state index in [1.54, 1.807) is 0 Å². The van der Waals surface area contributed by atoms with Crippen LogP contribution < -0.4 is 4.74 Å². The van der Waals surface area contributed by atoms with Gasteiger partial charge in [0.25, 0.3) is 11.4 Å². The monoisotopic (exact) mass is 470 g/mol. The number of rotatable bonds is 5. The molecule has 1 aliphatic heterocycles. The number of non-ortho nitro benzene ring substituents is 2. The van der Waals surface area contributed by atoms with E-state index in [0.29, 0.717) is 5.56 Å². The molecule has 0 bridgehead atoms. The number of ether oxygens (including phenoxy) is 3. The third-order valence-electron chi connectivity index (χ3n) is 4.85. The lowest BCUT2D eigenvalue weighted by Gasteiger charge is -2.34. The zero-order valence-corrected chi connectivity index (χ0v) is 18.2. The third kappa shape index (κ3) is 4.67. The van der Waals surface area contributed by atoms with Crippen LogP contribution in [-0.2, 0) is 14.3 Å². The van der Waals surface area contributed by atoms with Crippen LogP contribution in [0.3, 0.4) is 0 Å². The van der Waals surface area contributed by atoms with Crippen molar-refractivity contribution in [2.45, 2.75) is 13.0 Å². The summed E-state index contributed by atoms with van der Waals surface area (Å²) in [5, 5.41) is 21.9. The van der Waals surface area contributed by atoms with Gasteiger partial charge < -0.3 is 14.2 Å². The van der Waals surface area contributed by atoms with Crippen molar-refractivity contribution in [2.75, 3.05) is 14.2 Å². The minimum atomic E-state index is -1.16. The van der Waals surface area contributed by atoms with E-state index in [9.17, 15) is 29.8 Å². The summed E-state index contributed by atoms with van der Waals surface area (Å²) in [5.41, 5.74) is 0.104. The van der Waals surface area contributed by atoms with Gasteiger partial charge in [-0.15, -0.1) is 0 Å². The van der Waals surface area contributed by atoms with Gasteiger partial charge in [0, 0.05) is 24.3 Å². The second-order valence-electron chi connectivity index (χ2n) is 6.83. The molecule has 0 spiro atoms. The van der Waals surface area contributed by atoms with E-state index >= 15 is 0 Å². The van der Waals surface area contributed by atoms with Gasteiger partial charge in [-0.05, 0) is 36.8 Å². The lowest BCUT2D eigenvalue weighted by Crippen LogP contribution is -2.46. The van der Waals surface area contributed by atoms with E-state index in [1.165, 1.54) is 50.4 Å². The Balaban J connectivity index is 2.07. The molecule has 0 aliphatic carbocycles. The fraction of sp³-hybridized carbons (Fsp3) is 0.190. The minimum absolute atomic E-state index is 0.0144. The fourth-order valence-electron chi connectivity index (χ4n) is 3.27. The maximum Gasteiger partial charge on any atom is 0.424 e. The summed E-state index contributed by atoms with van der Waals surface area (Å²) in [6.07, 6.45) is -1.02. The maximum absolute atomic E-state index is 13.2. The molecule has 176 valence electrons. The van der Waals surface area contributed by atoms with Crippen molar-refractivity contribution in [2.24, 2.45) is 4.99 Å². The molecule has 2 aromatic rings. The number of aliphatic imine (C=N–C) groups is 1. The molecule has 0 aromatic heterocycles. The van der Waals surface area contributed by atoms with E-state index < -0.39 is 28.0 Å². The molecule has 0 fully saturated rings. The number of benzene rings is 2. The molecule has 3 rings (SSSR count). The van der Waals surface area contributed by atoms with E-state index in [1.807, 2.05) is 0 Å². The van der Waals surface area contributed by atoms with Crippen LogP contribution in [-0.4, -0.2) is 47.1 Å². The normalized spacial score (nSPS) is 15.3. The molecule has 34 heavy (non-hydrogen) atoms. The van der Waals surface area contributed by atoms with E-state index in [-0.39, 0.29) is 34.4 Å². The smallest absolute Gasteiger partial charge is 0.424 e. The average Bonchev–Trinajstić information content (AvgIpc) is 2.83. The van der Waals surface area contributed by atoms with Crippen molar-refractivity contribution in [3.05, 3.63) is 85.6 Å². The molecular formula is C21H18N4O9. The fourth-order valence-corrected chi connectivity index (χ4v) is 3.27. The second kappa shape index (κ2) is 9.77. The number of carbonyl (C=O) groups excluding carboxylic acids is 2. The van der Waals surface area contributed by atoms with Gasteiger partial charge in [-0.3, -0.25) is 20.2 Å². The summed E-state index contributed by atoms with van der Waals surface area (Å²) in [5.74, 6) is -0.799. The van der Waals surface area contributed by atoms with Crippen molar-refractivity contribution < 1.29 is 33.6 Å². The van der Waals surface area contributed by atoms with Gasteiger partial charge in [0.1, 0.15) is 11.8 Å². The molecule has 1 amide bonds. The van der Waals surface area contributed by atoms with Crippen LogP contribution in [0.2, 0.25) is 0 Å². The first kappa shape index (κ1) is 23.8. The van der Waals surface area contributed by atoms with Crippen LogP contribution in [0.5, 0.6) is 5.75 Å². The summed E-state index contributed by atoms with van der Waals surface area (Å²) >= 11 is 0. The Morgan fingerprint density at radius 2 is 1.47 bits per heavy atom. The Kier molecular flexibility index (Phi) is 6.85. The second-order valence-corrected chi connectivity index (χ2v) is 6.83. The number of nitrogens with zero attached hydrogens (tertiary/aromatic N) is 4. The molecule has 0 saturated heterocycles. The molecule has 0 radical (unpaired) electrons. The van der Waals surface area contributed by atoms with Crippen LogP contribution >= 0.6 is 0 Å². The summed E-state index contributed by atoms with van der Waals surface area (Å²) in [6.45, 7) is 1.52. The van der Waals surface area contributed by atoms with Crippen molar-refractivity contribution in [1.29, 1.82) is 0 Å². The summed E-state index contributed by atoms with van der Waals surface area (Å²) in [7, 11) is 2.42. The Hall–Kier alpha value is -4.81. The SMILES string of the molecule is COC(=O)C1=C(C)N=C(OC)N(C(=O)Oc2ccc([N+](=O)[O-])cc2)[C@@H]1c1ccc([N+](=O)[O-])cc1. The van der Waals surface area contributed by atoms with Crippen LogP contribution in [0.1, 0.15) is 18.5 Å². The highest BCUT2D eigenvalue weighted by molar-refractivity contribution is 5.99. The first-order valence-electron chi connectivity index (χ1n) is 9.59. The van der Waals surface area contributed by atoms with Crippen molar-refractivity contribution in [1.82, 2.24) is 4.90 Å². The van der Waals surface area contributed by atoms with Gasteiger partial charge in [-0.25, -0.2) is 19.5 Å². The van der Waals surface area contributed by atoms with Gasteiger partial charge in [0.05, 0.1) is 35.3 Å². The molecule has 1 atom stereocenters. The predicted molar refractivity (Wildman–Crippen MR) is 116 cm³/mol. The summed E-state index contributed by atoms with van der Waals surface area (Å²) < 4.78 is 15.5. The Labute approximate surface area is 192 Å². The molecule has 1 aliphatic rings. The zero-order chi connectivity index (χ0) is 25.0. The van der Waals surface area contributed by atoms with Crippen molar-refractivity contribution in [3.63, 3.8) is 0 Å². The number of esters is 1. The summed E-state index contributed by atoms with van der Waals surface area (Å²) in [4.78, 5) is 51.6. The third-order valence-corrected chi connectivity index (χ3v) is 4.85. The predicted octanol–water partition coefficient (Wildman–Crippen LogP) is 3.51. The summed E-state index contributed by atoms with van der Waals surface area (Å²) in [6, 6.07) is 8.60. The molecule has 0 saturated carbocycles. The Bertz CT molecular complexity index is 1200. The number of carbonyl (C=O) groups is 2. The molecule has 1 heterocycles. The Morgan fingerprint density at radius 1 is 0.941 bits per heavy atom. The number of amidine groups is 1. The number of methoxy groups -OCH3 is 2. The Morgan fingerprint density at radius 3 is 1.94 bits per heavy atom. The van der Waals surface area contributed by atoms with Crippen molar-refractivity contribution >= 4 is 29.5 Å². The average molecular weight is 470 g/mol. The zero-order valence-electron chi connectivity index (χ0n) is 18.2. The van der Waals surface area contributed by atoms with Crippen molar-refractivity contribution in [3.8, 4) is 5.75 Å². The number of amides is 1. The highest BCUT2D eigenvalue weighted by Crippen LogP contribution is 2.37. The van der Waals surface area contributed by atoms with Crippen LogP contribution in [0, 0.1) is 20.2 Å². The lowest BCUT2D eigenvalue weighted by atomic mass is 9.94. The topological polar surface area (TPSA) is 164 Å². The molecule has 0 N–H and O–H groups in total. The molecule has 2 aromatic carbocycles.